The first-order valence-electron chi connectivity index (χ1n) is 7.97. The summed E-state index contributed by atoms with van der Waals surface area (Å²) in [5.41, 5.74) is 2.31. The van der Waals surface area contributed by atoms with Gasteiger partial charge in [0.25, 0.3) is 0 Å². The van der Waals surface area contributed by atoms with Gasteiger partial charge in [-0.3, -0.25) is 14.6 Å². The lowest BCUT2D eigenvalue weighted by Crippen LogP contribution is -2.41. The van der Waals surface area contributed by atoms with Gasteiger partial charge in [0.15, 0.2) is 5.78 Å². The van der Waals surface area contributed by atoms with Gasteiger partial charge in [0.2, 0.25) is 0 Å². The number of ether oxygens (including phenoxy) is 2. The summed E-state index contributed by atoms with van der Waals surface area (Å²) >= 11 is 0. The van der Waals surface area contributed by atoms with Crippen LogP contribution in [0.15, 0.2) is 27.5 Å². The molecule has 2 atom stereocenters. The van der Waals surface area contributed by atoms with Crippen LogP contribution in [0.2, 0.25) is 0 Å². The summed E-state index contributed by atoms with van der Waals surface area (Å²) in [5.74, 6) is -2.49. The lowest BCUT2D eigenvalue weighted by Gasteiger charge is -2.35. The average Bonchev–Trinajstić information content (AvgIpc) is 2.96. The molecule has 0 unspecified atom stereocenters. The van der Waals surface area contributed by atoms with E-state index in [4.69, 9.17) is 9.47 Å². The van der Waals surface area contributed by atoms with Crippen molar-refractivity contribution in [2.45, 2.75) is 38.6 Å². The molecule has 3 aliphatic rings. The zero-order chi connectivity index (χ0) is 17.4. The number of hydrogen-bond donors (Lipinski definition) is 0. The van der Waals surface area contributed by atoms with Crippen LogP contribution in [0.1, 0.15) is 32.6 Å². The molecule has 0 bridgehead atoms. The van der Waals surface area contributed by atoms with E-state index < -0.39 is 23.9 Å². The number of allylic oxidation sites excluding steroid dienone is 2. The number of nitrogens with zero attached hydrogens (tertiary/aromatic N) is 2. The second-order valence-corrected chi connectivity index (χ2v) is 6.10. The summed E-state index contributed by atoms with van der Waals surface area (Å²) in [5, 5.41) is 5.87. The van der Waals surface area contributed by atoms with Gasteiger partial charge in [0.1, 0.15) is 11.6 Å². The van der Waals surface area contributed by atoms with Crippen molar-refractivity contribution in [3.05, 3.63) is 22.4 Å². The van der Waals surface area contributed by atoms with Crippen LogP contribution < -0.4 is 0 Å². The number of rotatable bonds is 3. The van der Waals surface area contributed by atoms with Crippen molar-refractivity contribution in [3.8, 4) is 0 Å². The fourth-order valence-corrected chi connectivity index (χ4v) is 3.81. The van der Waals surface area contributed by atoms with E-state index in [1.54, 1.807) is 6.21 Å². The number of hydrazone groups is 1. The van der Waals surface area contributed by atoms with Crippen molar-refractivity contribution in [2.24, 2.45) is 11.0 Å². The molecule has 7 nitrogen and oxygen atoms in total. The maximum absolute atomic E-state index is 12.5. The molecule has 24 heavy (non-hydrogen) atoms. The van der Waals surface area contributed by atoms with Crippen molar-refractivity contribution in [3.63, 3.8) is 0 Å². The maximum atomic E-state index is 12.5. The van der Waals surface area contributed by atoms with E-state index in [1.165, 1.54) is 26.2 Å². The summed E-state index contributed by atoms with van der Waals surface area (Å²) in [6.07, 6.45) is 5.52. The molecular formula is C17H20N2O5. The highest BCUT2D eigenvalue weighted by Gasteiger charge is 2.52. The summed E-state index contributed by atoms with van der Waals surface area (Å²) in [7, 11) is 2.50. The van der Waals surface area contributed by atoms with Crippen LogP contribution in [0.3, 0.4) is 0 Å². The van der Waals surface area contributed by atoms with Gasteiger partial charge in [-0.25, -0.2) is 4.79 Å². The minimum atomic E-state index is -0.901. The maximum Gasteiger partial charge on any atom is 0.337 e. The highest BCUT2D eigenvalue weighted by Crippen LogP contribution is 2.45. The summed E-state index contributed by atoms with van der Waals surface area (Å²) in [4.78, 5) is 37.0. The third kappa shape index (κ3) is 2.35. The minimum absolute atomic E-state index is 0.0401. The third-order valence-corrected chi connectivity index (χ3v) is 4.82. The third-order valence-electron chi connectivity index (χ3n) is 4.82. The van der Waals surface area contributed by atoms with Gasteiger partial charge in [-0.1, -0.05) is 0 Å². The molecule has 0 N–H and O–H groups in total. The first-order chi connectivity index (χ1) is 11.5. The Balaban J connectivity index is 2.18. The molecule has 0 saturated carbocycles. The number of Topliss-reactive ketones (excluding diaryl/α,β-unsaturated/α-hetero) is 1. The van der Waals surface area contributed by atoms with Crippen LogP contribution in [0.4, 0.5) is 0 Å². The fraction of sp³-hybridized carbons (Fsp3) is 0.529. The second-order valence-electron chi connectivity index (χ2n) is 6.10. The van der Waals surface area contributed by atoms with Crippen molar-refractivity contribution in [1.29, 1.82) is 0 Å². The normalized spacial score (nSPS) is 25.4. The van der Waals surface area contributed by atoms with Crippen molar-refractivity contribution < 1.29 is 23.9 Å². The van der Waals surface area contributed by atoms with Gasteiger partial charge in [-0.15, -0.1) is 0 Å². The van der Waals surface area contributed by atoms with Crippen LogP contribution in [0.5, 0.6) is 0 Å². The van der Waals surface area contributed by atoms with Gasteiger partial charge in [-0.2, -0.15) is 5.10 Å². The van der Waals surface area contributed by atoms with Gasteiger partial charge in [0, 0.05) is 6.92 Å². The number of carbonyl (C=O) groups excluding carboxylic acids is 3. The molecule has 0 aromatic carbocycles. The van der Waals surface area contributed by atoms with Crippen molar-refractivity contribution in [2.75, 3.05) is 14.2 Å². The number of ketones is 1. The molecule has 3 rings (SSSR count). The van der Waals surface area contributed by atoms with Crippen LogP contribution in [-0.2, 0) is 23.9 Å². The van der Waals surface area contributed by atoms with Crippen LogP contribution in [-0.4, -0.2) is 49.2 Å². The molecule has 2 aliphatic heterocycles. The summed E-state index contributed by atoms with van der Waals surface area (Å²) in [6, 6.07) is -0.481. The molecule has 0 amide bonds. The average molecular weight is 332 g/mol. The Bertz CT molecular complexity index is 704. The van der Waals surface area contributed by atoms with E-state index >= 15 is 0 Å². The van der Waals surface area contributed by atoms with Gasteiger partial charge >= 0.3 is 11.9 Å². The highest BCUT2D eigenvalue weighted by molar-refractivity contribution is 6.07. The van der Waals surface area contributed by atoms with Gasteiger partial charge in [-0.05, 0) is 36.8 Å². The fourth-order valence-electron chi connectivity index (χ4n) is 3.81. The topological polar surface area (TPSA) is 85.3 Å². The van der Waals surface area contributed by atoms with E-state index in [0.717, 1.165) is 36.8 Å². The zero-order valence-electron chi connectivity index (χ0n) is 14.0. The predicted molar refractivity (Wildman–Crippen MR) is 84.8 cm³/mol. The minimum Gasteiger partial charge on any atom is -0.468 e. The molecule has 0 aromatic rings. The quantitative estimate of drug-likeness (QED) is 0.725. The van der Waals surface area contributed by atoms with Crippen LogP contribution in [0.25, 0.3) is 0 Å². The van der Waals surface area contributed by atoms with Gasteiger partial charge in [0.05, 0.1) is 32.0 Å². The van der Waals surface area contributed by atoms with Crippen LogP contribution >= 0.6 is 0 Å². The number of fused-ring (bicyclic) bond motifs is 2. The standard InChI is InChI=1S/C17H20N2O5/c1-9(20)14-12(16(21)23-2)13(17(22)24-3)15-11-7-5-4-6-10(11)8-18-19(14)15/h8,13,15H,4-7H2,1-3H3/t13-,15-/m0/s1. The van der Waals surface area contributed by atoms with Crippen molar-refractivity contribution in [1.82, 2.24) is 5.01 Å². The zero-order valence-corrected chi connectivity index (χ0v) is 14.0. The van der Waals surface area contributed by atoms with Crippen molar-refractivity contribution >= 4 is 23.9 Å². The molecule has 0 aromatic heterocycles. The van der Waals surface area contributed by atoms with E-state index in [9.17, 15) is 14.4 Å². The van der Waals surface area contributed by atoms with E-state index in [1.807, 2.05) is 0 Å². The molecule has 7 heteroatoms. The SMILES string of the molecule is COC(=O)C1=C(C(C)=O)N2N=CC3=C(CCCC3)[C@H]2[C@H]1C(=O)OC. The molecule has 2 heterocycles. The number of carbonyl (C=O) groups is 3. The molecule has 1 aliphatic carbocycles. The predicted octanol–water partition coefficient (Wildman–Crippen LogP) is 1.35. The Morgan fingerprint density at radius 3 is 2.50 bits per heavy atom. The monoisotopic (exact) mass is 332 g/mol. The van der Waals surface area contributed by atoms with Crippen LogP contribution in [0, 0.1) is 5.92 Å². The largest absolute Gasteiger partial charge is 0.468 e. The summed E-state index contributed by atoms with van der Waals surface area (Å²) < 4.78 is 9.75. The Hall–Kier alpha value is -2.44. The van der Waals surface area contributed by atoms with E-state index in [0.29, 0.717) is 0 Å². The van der Waals surface area contributed by atoms with Gasteiger partial charge < -0.3 is 9.47 Å². The Kier molecular flexibility index (Phi) is 4.26. The molecule has 0 spiro atoms. The Morgan fingerprint density at radius 2 is 1.88 bits per heavy atom. The summed E-state index contributed by atoms with van der Waals surface area (Å²) in [6.45, 7) is 1.36. The number of hydrogen-bond acceptors (Lipinski definition) is 7. The molecule has 0 radical (unpaired) electrons. The number of esters is 2. The van der Waals surface area contributed by atoms with E-state index in [2.05, 4.69) is 5.10 Å². The Morgan fingerprint density at radius 1 is 1.17 bits per heavy atom. The first kappa shape index (κ1) is 16.4. The molecular weight excluding hydrogens is 312 g/mol. The number of methoxy groups -OCH3 is 2. The lowest BCUT2D eigenvalue weighted by atomic mass is 9.80. The highest BCUT2D eigenvalue weighted by atomic mass is 16.5. The second kappa shape index (κ2) is 6.22. The Labute approximate surface area is 140 Å². The lowest BCUT2D eigenvalue weighted by molar-refractivity contribution is -0.148. The van der Waals surface area contributed by atoms with E-state index in [-0.39, 0.29) is 17.1 Å². The molecule has 0 fully saturated rings. The molecule has 0 saturated heterocycles. The first-order valence-corrected chi connectivity index (χ1v) is 7.97. The molecule has 128 valence electrons. The smallest absolute Gasteiger partial charge is 0.337 e.